The molecule has 2 nitrogen and oxygen atoms in total. The second-order valence-electron chi connectivity index (χ2n) is 3.55. The third kappa shape index (κ3) is 6.49. The number of hydrogen-bond donors (Lipinski definition) is 2. The summed E-state index contributed by atoms with van der Waals surface area (Å²) in [5, 5.41) is 3.16. The first-order chi connectivity index (χ1) is 6.60. The van der Waals surface area contributed by atoms with Crippen LogP contribution in [-0.4, -0.2) is 6.54 Å². The van der Waals surface area contributed by atoms with E-state index >= 15 is 0 Å². The average molecular weight is 194 g/mol. The highest BCUT2D eigenvalue weighted by Crippen LogP contribution is 2.05. The molecule has 0 fully saturated rings. The van der Waals surface area contributed by atoms with E-state index in [2.05, 4.69) is 25.4 Å². The molecule has 0 aliphatic heterocycles. The molecule has 0 rings (SSSR count). The molecule has 3 N–H and O–H groups in total. The highest BCUT2D eigenvalue weighted by atomic mass is 14.9. The largest absolute Gasteiger partial charge is 0.360 e. The Morgan fingerprint density at radius 2 is 2.07 bits per heavy atom. The van der Waals surface area contributed by atoms with Gasteiger partial charge in [-0.25, -0.2) is 0 Å². The first-order valence-corrected chi connectivity index (χ1v) is 5.11. The van der Waals surface area contributed by atoms with Crippen LogP contribution in [0.1, 0.15) is 33.1 Å². The molecular formula is C12H22N2. The Hall–Kier alpha value is -1.02. The molecule has 14 heavy (non-hydrogen) atoms. The van der Waals surface area contributed by atoms with Gasteiger partial charge in [0.2, 0.25) is 0 Å². The highest BCUT2D eigenvalue weighted by Gasteiger charge is 1.94. The van der Waals surface area contributed by atoms with Gasteiger partial charge in [0, 0.05) is 17.9 Å². The molecule has 0 spiro atoms. The summed E-state index contributed by atoms with van der Waals surface area (Å²) >= 11 is 0. The molecule has 0 aliphatic rings. The fourth-order valence-corrected chi connectivity index (χ4v) is 1.07. The predicted octanol–water partition coefficient (Wildman–Crippen LogP) is 2.70. The van der Waals surface area contributed by atoms with Gasteiger partial charge in [-0.2, -0.15) is 0 Å². The maximum atomic E-state index is 5.47. The number of unbranched alkanes of at least 4 members (excludes halogenated alkanes) is 1. The van der Waals surface area contributed by atoms with E-state index in [4.69, 9.17) is 5.73 Å². The maximum absolute atomic E-state index is 5.47. The molecule has 2 heteroatoms. The Morgan fingerprint density at radius 1 is 1.43 bits per heavy atom. The zero-order chi connectivity index (χ0) is 11.0. The van der Waals surface area contributed by atoms with Gasteiger partial charge in [-0.3, -0.25) is 0 Å². The van der Waals surface area contributed by atoms with Crippen molar-refractivity contribution in [1.29, 1.82) is 0 Å². The number of nitrogens with one attached hydrogen (secondary N) is 1. The van der Waals surface area contributed by atoms with Crippen molar-refractivity contribution < 1.29 is 0 Å². The lowest BCUT2D eigenvalue weighted by molar-refractivity contribution is 0.751. The summed E-state index contributed by atoms with van der Waals surface area (Å²) in [4.78, 5) is 0. The van der Waals surface area contributed by atoms with E-state index < -0.39 is 0 Å². The van der Waals surface area contributed by atoms with Crippen LogP contribution in [0.3, 0.4) is 0 Å². The van der Waals surface area contributed by atoms with Crippen LogP contribution in [0.25, 0.3) is 0 Å². The molecule has 0 unspecified atom stereocenters. The molecule has 0 atom stereocenters. The van der Waals surface area contributed by atoms with Crippen molar-refractivity contribution in [2.45, 2.75) is 33.1 Å². The lowest BCUT2D eigenvalue weighted by Crippen LogP contribution is -2.10. The Balaban J connectivity index is 3.88. The second kappa shape index (κ2) is 7.39. The summed E-state index contributed by atoms with van der Waals surface area (Å²) in [6.45, 7) is 12.5. The third-order valence-electron chi connectivity index (χ3n) is 1.91. The molecule has 0 aromatic heterocycles. The van der Waals surface area contributed by atoms with E-state index in [0.717, 1.165) is 23.4 Å². The average Bonchev–Trinajstić information content (AvgIpc) is 2.14. The second-order valence-corrected chi connectivity index (χ2v) is 3.55. The van der Waals surface area contributed by atoms with Crippen molar-refractivity contribution in [3.63, 3.8) is 0 Å². The van der Waals surface area contributed by atoms with Crippen molar-refractivity contribution in [1.82, 2.24) is 5.32 Å². The van der Waals surface area contributed by atoms with E-state index in [-0.39, 0.29) is 0 Å². The third-order valence-corrected chi connectivity index (χ3v) is 1.91. The molecular weight excluding hydrogens is 172 g/mol. The van der Waals surface area contributed by atoms with Gasteiger partial charge in [-0.15, -0.1) is 0 Å². The SMILES string of the molecule is C=C(/C=C(\C)CN)NC(=C)CCCC. The van der Waals surface area contributed by atoms with Crippen molar-refractivity contribution >= 4 is 0 Å². The maximum Gasteiger partial charge on any atom is 0.0308 e. The highest BCUT2D eigenvalue weighted by molar-refractivity contribution is 5.21. The van der Waals surface area contributed by atoms with Gasteiger partial charge in [0.05, 0.1) is 0 Å². The van der Waals surface area contributed by atoms with Crippen LogP contribution in [0, 0.1) is 0 Å². The lowest BCUT2D eigenvalue weighted by atomic mass is 10.2. The van der Waals surface area contributed by atoms with E-state index in [1.807, 2.05) is 13.0 Å². The fraction of sp³-hybridized carbons (Fsp3) is 0.500. The van der Waals surface area contributed by atoms with Gasteiger partial charge in [0.15, 0.2) is 0 Å². The molecule has 0 bridgehead atoms. The topological polar surface area (TPSA) is 38.0 Å². The van der Waals surface area contributed by atoms with Gasteiger partial charge in [-0.05, 0) is 25.8 Å². The summed E-state index contributed by atoms with van der Waals surface area (Å²) in [7, 11) is 0. The number of allylic oxidation sites excluding steroid dienone is 2. The first-order valence-electron chi connectivity index (χ1n) is 5.11. The van der Waals surface area contributed by atoms with Crippen molar-refractivity contribution in [3.05, 3.63) is 36.2 Å². The van der Waals surface area contributed by atoms with Gasteiger partial charge in [0.25, 0.3) is 0 Å². The first kappa shape index (κ1) is 13.0. The fourth-order valence-electron chi connectivity index (χ4n) is 1.07. The monoisotopic (exact) mass is 194 g/mol. The molecule has 0 saturated heterocycles. The summed E-state index contributed by atoms with van der Waals surface area (Å²) in [6, 6.07) is 0. The lowest BCUT2D eigenvalue weighted by Gasteiger charge is -2.09. The van der Waals surface area contributed by atoms with E-state index in [0.29, 0.717) is 6.54 Å². The van der Waals surface area contributed by atoms with Gasteiger partial charge in [-0.1, -0.05) is 32.1 Å². The van der Waals surface area contributed by atoms with E-state index in [9.17, 15) is 0 Å². The van der Waals surface area contributed by atoms with E-state index in [1.54, 1.807) is 0 Å². The minimum atomic E-state index is 0.572. The Bertz CT molecular complexity index is 226. The summed E-state index contributed by atoms with van der Waals surface area (Å²) in [5.74, 6) is 0. The quantitative estimate of drug-likeness (QED) is 0.611. The van der Waals surface area contributed by atoms with Crippen LogP contribution in [0.4, 0.5) is 0 Å². The Labute approximate surface area is 87.6 Å². The molecule has 0 saturated carbocycles. The van der Waals surface area contributed by atoms with Crippen molar-refractivity contribution in [2.24, 2.45) is 5.73 Å². The molecule has 0 amide bonds. The van der Waals surface area contributed by atoms with Crippen LogP contribution < -0.4 is 11.1 Å². The van der Waals surface area contributed by atoms with Crippen molar-refractivity contribution in [3.8, 4) is 0 Å². The molecule has 0 aromatic carbocycles. The van der Waals surface area contributed by atoms with Crippen LogP contribution in [0.2, 0.25) is 0 Å². The van der Waals surface area contributed by atoms with Gasteiger partial charge < -0.3 is 11.1 Å². The van der Waals surface area contributed by atoms with E-state index in [1.165, 1.54) is 12.8 Å². The van der Waals surface area contributed by atoms with Gasteiger partial charge >= 0.3 is 0 Å². The minimum absolute atomic E-state index is 0.572. The molecule has 0 aliphatic carbocycles. The minimum Gasteiger partial charge on any atom is -0.360 e. The predicted molar refractivity (Wildman–Crippen MR) is 63.8 cm³/mol. The van der Waals surface area contributed by atoms with Crippen LogP contribution in [-0.2, 0) is 0 Å². The smallest absolute Gasteiger partial charge is 0.0308 e. The Kier molecular flexibility index (Phi) is 6.85. The molecule has 80 valence electrons. The van der Waals surface area contributed by atoms with Crippen LogP contribution in [0.5, 0.6) is 0 Å². The molecule has 0 aromatic rings. The van der Waals surface area contributed by atoms with Crippen LogP contribution >= 0.6 is 0 Å². The van der Waals surface area contributed by atoms with Gasteiger partial charge in [0.1, 0.15) is 0 Å². The number of nitrogens with two attached hydrogens (primary N) is 1. The number of hydrogen-bond acceptors (Lipinski definition) is 2. The number of rotatable bonds is 7. The van der Waals surface area contributed by atoms with Crippen LogP contribution in [0.15, 0.2) is 36.2 Å². The Morgan fingerprint density at radius 3 is 2.57 bits per heavy atom. The summed E-state index contributed by atoms with van der Waals surface area (Å²) in [5.41, 5.74) is 8.48. The summed E-state index contributed by atoms with van der Waals surface area (Å²) in [6.07, 6.45) is 5.31. The molecule has 0 heterocycles. The zero-order valence-electron chi connectivity index (χ0n) is 9.40. The molecule has 0 radical (unpaired) electrons. The summed E-state index contributed by atoms with van der Waals surface area (Å²) < 4.78 is 0. The standard InChI is InChI=1S/C12H22N2/c1-5-6-7-11(3)14-12(4)8-10(2)9-13/h8,14H,3-7,9,13H2,1-2H3/b10-8+. The normalized spacial score (nSPS) is 11.2. The van der Waals surface area contributed by atoms with Crippen molar-refractivity contribution in [2.75, 3.05) is 6.54 Å². The zero-order valence-corrected chi connectivity index (χ0v) is 9.40.